The molecule has 3 aromatic rings. The van der Waals surface area contributed by atoms with Gasteiger partial charge in [0.25, 0.3) is 0 Å². The van der Waals surface area contributed by atoms with Gasteiger partial charge in [-0.05, 0) is 69.3 Å². The molecule has 1 saturated heterocycles. The van der Waals surface area contributed by atoms with Crippen molar-refractivity contribution in [2.24, 2.45) is 0 Å². The van der Waals surface area contributed by atoms with Crippen LogP contribution in [0.15, 0.2) is 62.6 Å². The van der Waals surface area contributed by atoms with E-state index in [-0.39, 0.29) is 6.03 Å². The fraction of sp³-hybridized carbons (Fsp3) is 0.286. The lowest BCUT2D eigenvalue weighted by Gasteiger charge is -2.33. The third kappa shape index (κ3) is 3.36. The Kier molecular flexibility index (Phi) is 5.23. The summed E-state index contributed by atoms with van der Waals surface area (Å²) in [4.78, 5) is 42.3. The highest BCUT2D eigenvalue weighted by Gasteiger charge is 2.54. The van der Waals surface area contributed by atoms with Gasteiger partial charge < -0.3 is 9.42 Å². The Morgan fingerprint density at radius 1 is 0.903 bits per heavy atom. The van der Waals surface area contributed by atoms with Crippen LogP contribution in [0.25, 0.3) is 5.69 Å². The van der Waals surface area contributed by atoms with Crippen molar-refractivity contribution in [1.29, 1.82) is 0 Å². The predicted octanol–water partition coefficient (Wildman–Crippen LogP) is 4.14. The van der Waals surface area contributed by atoms with Gasteiger partial charge in [0.15, 0.2) is 6.17 Å². The van der Waals surface area contributed by atoms with Crippen LogP contribution in [0.3, 0.4) is 0 Å². The largest absolute Gasteiger partial charge is 0.447 e. The number of nitrogens with zero attached hydrogens (tertiary/aromatic N) is 4. The van der Waals surface area contributed by atoms with E-state index in [0.29, 0.717) is 28.0 Å². The van der Waals surface area contributed by atoms with E-state index in [1.54, 1.807) is 53.4 Å². The van der Waals surface area contributed by atoms with Crippen LogP contribution in [0.4, 0.5) is 10.5 Å². The molecule has 0 unspecified atom stereocenters. The molecule has 2 amide bonds. The first-order chi connectivity index (χ1) is 14.7. The lowest BCUT2D eigenvalue weighted by Crippen LogP contribution is -2.46. The zero-order valence-electron chi connectivity index (χ0n) is 17.1. The van der Waals surface area contributed by atoms with E-state index in [1.807, 2.05) is 20.8 Å². The van der Waals surface area contributed by atoms with Crippen molar-refractivity contribution in [3.63, 3.8) is 0 Å². The van der Waals surface area contributed by atoms with Crippen molar-refractivity contribution < 1.29 is 9.32 Å². The summed E-state index contributed by atoms with van der Waals surface area (Å²) in [5, 5.41) is 0.979. The first kappa shape index (κ1) is 21.3. The summed E-state index contributed by atoms with van der Waals surface area (Å²) in [5.74, 6) is -0.860. The van der Waals surface area contributed by atoms with Crippen molar-refractivity contribution >= 4 is 34.9 Å². The van der Waals surface area contributed by atoms with Crippen LogP contribution in [0, 0.1) is 0 Å². The first-order valence-electron chi connectivity index (χ1n) is 9.64. The molecule has 0 bridgehead atoms. The molecule has 2 heterocycles. The Bertz CT molecular complexity index is 1240. The van der Waals surface area contributed by atoms with Gasteiger partial charge in [0.1, 0.15) is 0 Å². The van der Waals surface area contributed by atoms with Gasteiger partial charge in [-0.2, -0.15) is 4.57 Å². The molecule has 2 aromatic carbocycles. The average molecular weight is 463 g/mol. The Morgan fingerprint density at radius 3 is 1.94 bits per heavy atom. The molecule has 162 valence electrons. The van der Waals surface area contributed by atoms with E-state index in [0.717, 1.165) is 9.31 Å². The van der Waals surface area contributed by atoms with Crippen LogP contribution in [0.2, 0.25) is 10.0 Å². The molecular weight excluding hydrogens is 443 g/mol. The maximum absolute atomic E-state index is 13.3. The normalized spacial score (nSPS) is 18.1. The molecule has 1 aromatic heterocycles. The quantitative estimate of drug-likeness (QED) is 0.583. The smallest absolute Gasteiger partial charge is 0.315 e. The summed E-state index contributed by atoms with van der Waals surface area (Å²) in [5.41, 5.74) is -0.723. The van der Waals surface area contributed by atoms with E-state index in [9.17, 15) is 14.4 Å². The number of aromatic nitrogens is 2. The zero-order chi connectivity index (χ0) is 22.5. The number of amides is 2. The lowest BCUT2D eigenvalue weighted by atomic mass is 10.0. The molecule has 0 spiro atoms. The SMILES string of the molecule is CCN1C(=O)N(c2ccc(Cl)cc2)[C@@H](n2oc(=O)n(-c3ccc(Cl)cc3)c2=O)C1(C)C. The molecule has 1 fully saturated rings. The summed E-state index contributed by atoms with van der Waals surface area (Å²) in [7, 11) is 0. The van der Waals surface area contributed by atoms with Crippen LogP contribution >= 0.6 is 23.2 Å². The molecule has 4 rings (SSSR count). The summed E-state index contributed by atoms with van der Waals surface area (Å²) < 4.78 is 7.26. The zero-order valence-corrected chi connectivity index (χ0v) is 18.6. The number of carbonyl (C=O) groups is 1. The number of urea groups is 1. The lowest BCUT2D eigenvalue weighted by molar-refractivity contribution is 0.0999. The summed E-state index contributed by atoms with van der Waals surface area (Å²) in [6.45, 7) is 5.89. The third-order valence-electron chi connectivity index (χ3n) is 5.48. The van der Waals surface area contributed by atoms with Gasteiger partial charge in [0.2, 0.25) is 0 Å². The van der Waals surface area contributed by atoms with E-state index in [2.05, 4.69) is 0 Å². The van der Waals surface area contributed by atoms with Gasteiger partial charge in [-0.1, -0.05) is 23.2 Å². The molecule has 31 heavy (non-hydrogen) atoms. The third-order valence-corrected chi connectivity index (χ3v) is 5.98. The van der Waals surface area contributed by atoms with Crippen molar-refractivity contribution in [1.82, 2.24) is 14.2 Å². The number of likely N-dealkylation sites (N-methyl/N-ethyl adjacent to an activating group) is 1. The van der Waals surface area contributed by atoms with Crippen LogP contribution in [-0.2, 0) is 0 Å². The van der Waals surface area contributed by atoms with Crippen LogP contribution in [0.1, 0.15) is 26.9 Å². The monoisotopic (exact) mass is 462 g/mol. The highest BCUT2D eigenvalue weighted by molar-refractivity contribution is 6.30. The molecule has 1 aliphatic rings. The minimum Gasteiger partial charge on any atom is -0.315 e. The first-order valence-corrected chi connectivity index (χ1v) is 10.4. The maximum Gasteiger partial charge on any atom is 0.447 e. The molecule has 1 aliphatic heterocycles. The van der Waals surface area contributed by atoms with E-state index < -0.39 is 23.2 Å². The molecule has 10 heteroatoms. The van der Waals surface area contributed by atoms with Crippen molar-refractivity contribution in [2.75, 3.05) is 11.4 Å². The van der Waals surface area contributed by atoms with Crippen LogP contribution < -0.4 is 16.3 Å². The standard InChI is InChI=1S/C21H20Cl2N4O4/c1-4-24-18(28)25(15-9-5-13(22)6-10-15)17(21(24,2)3)27-19(29)26(20(30)31-27)16-11-7-14(23)8-12-16/h5-12,17H,4H2,1-3H3/t17-/m0/s1. The molecule has 0 saturated carbocycles. The van der Waals surface area contributed by atoms with Gasteiger partial charge in [-0.15, -0.1) is 4.74 Å². The number of hydrogen-bond donors (Lipinski definition) is 0. The van der Waals surface area contributed by atoms with E-state index in [1.165, 1.54) is 4.90 Å². The van der Waals surface area contributed by atoms with Crippen LogP contribution in [-0.4, -0.2) is 32.3 Å². The topological polar surface area (TPSA) is 80.7 Å². The molecule has 0 aliphatic carbocycles. The highest BCUT2D eigenvalue weighted by Crippen LogP contribution is 2.42. The number of benzene rings is 2. The minimum absolute atomic E-state index is 0.311. The molecule has 8 nitrogen and oxygen atoms in total. The predicted molar refractivity (Wildman–Crippen MR) is 118 cm³/mol. The molecule has 0 radical (unpaired) electrons. The summed E-state index contributed by atoms with van der Waals surface area (Å²) in [6.07, 6.45) is -0.908. The van der Waals surface area contributed by atoms with Crippen molar-refractivity contribution in [2.45, 2.75) is 32.5 Å². The van der Waals surface area contributed by atoms with Gasteiger partial charge >= 0.3 is 17.5 Å². The maximum atomic E-state index is 13.3. The number of hydrogen-bond acceptors (Lipinski definition) is 4. The summed E-state index contributed by atoms with van der Waals surface area (Å²) in [6, 6.07) is 12.6. The summed E-state index contributed by atoms with van der Waals surface area (Å²) >= 11 is 11.9. The second-order valence-corrected chi connectivity index (χ2v) is 8.55. The van der Waals surface area contributed by atoms with E-state index >= 15 is 0 Å². The number of rotatable bonds is 4. The Balaban J connectivity index is 1.91. The molecular formula is C21H20Cl2N4O4. The number of halogens is 2. The fourth-order valence-electron chi connectivity index (χ4n) is 4.03. The van der Waals surface area contributed by atoms with Crippen molar-refractivity contribution in [3.05, 3.63) is 79.6 Å². The number of anilines is 1. The Morgan fingerprint density at radius 2 is 1.42 bits per heavy atom. The number of carbonyl (C=O) groups excluding carboxylic acids is 1. The second kappa shape index (κ2) is 7.62. The molecule has 0 N–H and O–H groups in total. The van der Waals surface area contributed by atoms with Gasteiger partial charge in [0.05, 0.1) is 11.2 Å². The van der Waals surface area contributed by atoms with Crippen molar-refractivity contribution in [3.8, 4) is 5.69 Å². The fourth-order valence-corrected chi connectivity index (χ4v) is 4.28. The van der Waals surface area contributed by atoms with Gasteiger partial charge in [-0.25, -0.2) is 14.4 Å². The van der Waals surface area contributed by atoms with Gasteiger partial charge in [-0.3, -0.25) is 4.90 Å². The van der Waals surface area contributed by atoms with E-state index in [4.69, 9.17) is 27.7 Å². The van der Waals surface area contributed by atoms with Gasteiger partial charge in [0, 0.05) is 22.3 Å². The Labute approximate surface area is 187 Å². The minimum atomic E-state index is -0.908. The average Bonchev–Trinajstić information content (AvgIpc) is 3.11. The van der Waals surface area contributed by atoms with Crippen LogP contribution in [0.5, 0.6) is 0 Å². The highest BCUT2D eigenvalue weighted by atomic mass is 35.5. The molecule has 1 atom stereocenters. The second-order valence-electron chi connectivity index (χ2n) is 7.68. The Hall–Kier alpha value is -2.97.